The summed E-state index contributed by atoms with van der Waals surface area (Å²) in [5.74, 6) is 1.17. The van der Waals surface area contributed by atoms with E-state index in [1.807, 2.05) is 19.0 Å². The van der Waals surface area contributed by atoms with E-state index >= 15 is 0 Å². The minimum atomic E-state index is 0.181. The fraction of sp³-hybridized carbons (Fsp3) is 0.333. The van der Waals surface area contributed by atoms with E-state index in [1.165, 1.54) is 11.3 Å². The topological polar surface area (TPSA) is 62.4 Å². The number of hydrogen-bond acceptors (Lipinski definition) is 6. The Morgan fingerprint density at radius 1 is 1.53 bits per heavy atom. The van der Waals surface area contributed by atoms with E-state index in [0.29, 0.717) is 23.1 Å². The third kappa shape index (κ3) is 2.16. The number of hydrogen-bond donors (Lipinski definition) is 1. The zero-order chi connectivity index (χ0) is 10.8. The first-order valence-electron chi connectivity index (χ1n) is 4.41. The molecule has 0 aromatic carbocycles. The Kier molecular flexibility index (Phi) is 2.70. The maximum atomic E-state index is 9.47. The number of aromatic hydroxyl groups is 1. The van der Waals surface area contributed by atoms with E-state index in [1.54, 1.807) is 11.4 Å². The first-order valence-corrected chi connectivity index (χ1v) is 5.29. The Bertz CT molecular complexity index is 450. The van der Waals surface area contributed by atoms with Gasteiger partial charge in [-0.1, -0.05) is 5.16 Å². The smallest absolute Gasteiger partial charge is 0.271 e. The number of nitrogens with zero attached hydrogens (tertiary/aromatic N) is 3. The molecular weight excluding hydrogens is 214 g/mol. The summed E-state index contributed by atoms with van der Waals surface area (Å²) in [7, 11) is 3.86. The molecule has 2 rings (SSSR count). The molecule has 1 N–H and O–H groups in total. The lowest BCUT2D eigenvalue weighted by Gasteiger charge is -2.03. The van der Waals surface area contributed by atoms with Crippen molar-refractivity contribution in [2.24, 2.45) is 0 Å². The Morgan fingerprint density at radius 3 is 2.93 bits per heavy atom. The van der Waals surface area contributed by atoms with Crippen LogP contribution in [0.5, 0.6) is 5.75 Å². The molecule has 0 atom stereocenters. The van der Waals surface area contributed by atoms with Crippen LogP contribution in [0.1, 0.15) is 5.82 Å². The first kappa shape index (κ1) is 10.1. The maximum Gasteiger partial charge on any atom is 0.271 e. The summed E-state index contributed by atoms with van der Waals surface area (Å²) in [5, 5.41) is 15.1. The second-order valence-corrected chi connectivity index (χ2v) is 4.30. The van der Waals surface area contributed by atoms with Gasteiger partial charge in [0, 0.05) is 0 Å². The van der Waals surface area contributed by atoms with Gasteiger partial charge >= 0.3 is 0 Å². The number of aromatic nitrogens is 2. The average molecular weight is 225 g/mol. The molecular formula is C9H11N3O2S. The predicted molar refractivity (Wildman–Crippen MR) is 56.7 cm³/mol. The van der Waals surface area contributed by atoms with E-state index in [0.717, 1.165) is 0 Å². The predicted octanol–water partition coefficient (Wildman–Crippen LogP) is 1.57. The second-order valence-electron chi connectivity index (χ2n) is 3.39. The van der Waals surface area contributed by atoms with Gasteiger partial charge in [0.05, 0.1) is 6.54 Å². The summed E-state index contributed by atoms with van der Waals surface area (Å²) in [6, 6.07) is 1.61. The molecule has 0 saturated carbocycles. The zero-order valence-electron chi connectivity index (χ0n) is 8.47. The van der Waals surface area contributed by atoms with Crippen molar-refractivity contribution in [1.82, 2.24) is 15.0 Å². The molecule has 0 aliphatic rings. The number of thiophene rings is 1. The SMILES string of the molecule is CN(C)Cc1noc(-c2sccc2O)n1. The average Bonchev–Trinajstić information content (AvgIpc) is 2.72. The summed E-state index contributed by atoms with van der Waals surface area (Å²) in [4.78, 5) is 6.75. The molecule has 0 radical (unpaired) electrons. The van der Waals surface area contributed by atoms with Crippen LogP contribution in [-0.4, -0.2) is 34.2 Å². The Balaban J connectivity index is 2.24. The van der Waals surface area contributed by atoms with Gasteiger partial charge in [0.25, 0.3) is 5.89 Å². The maximum absolute atomic E-state index is 9.47. The second kappa shape index (κ2) is 4.00. The molecule has 2 heterocycles. The minimum absolute atomic E-state index is 0.181. The summed E-state index contributed by atoms with van der Waals surface area (Å²) in [5.41, 5.74) is 0. The molecule has 80 valence electrons. The molecule has 0 aliphatic carbocycles. The van der Waals surface area contributed by atoms with Crippen LogP contribution in [0.4, 0.5) is 0 Å². The van der Waals surface area contributed by atoms with E-state index in [9.17, 15) is 5.11 Å². The molecule has 2 aromatic rings. The number of rotatable bonds is 3. The highest BCUT2D eigenvalue weighted by Gasteiger charge is 2.14. The van der Waals surface area contributed by atoms with Crippen molar-refractivity contribution in [2.45, 2.75) is 6.54 Å². The molecule has 15 heavy (non-hydrogen) atoms. The van der Waals surface area contributed by atoms with Gasteiger partial charge in [-0.05, 0) is 25.5 Å². The fourth-order valence-corrected chi connectivity index (χ4v) is 1.86. The van der Waals surface area contributed by atoms with Crippen LogP contribution < -0.4 is 0 Å². The van der Waals surface area contributed by atoms with Crippen LogP contribution >= 0.6 is 11.3 Å². The minimum Gasteiger partial charge on any atom is -0.506 e. The first-order chi connectivity index (χ1) is 7.16. The normalized spacial score (nSPS) is 11.1. The van der Waals surface area contributed by atoms with E-state index in [2.05, 4.69) is 10.1 Å². The van der Waals surface area contributed by atoms with Gasteiger partial charge in [-0.15, -0.1) is 11.3 Å². The van der Waals surface area contributed by atoms with Crippen molar-refractivity contribution >= 4 is 11.3 Å². The van der Waals surface area contributed by atoms with Gasteiger partial charge in [-0.2, -0.15) is 4.98 Å². The Morgan fingerprint density at radius 2 is 2.33 bits per heavy atom. The third-order valence-corrected chi connectivity index (χ3v) is 2.66. The van der Waals surface area contributed by atoms with Crippen LogP contribution in [-0.2, 0) is 6.54 Å². The van der Waals surface area contributed by atoms with Crippen molar-refractivity contribution in [2.75, 3.05) is 14.1 Å². The summed E-state index contributed by atoms with van der Waals surface area (Å²) < 4.78 is 5.05. The molecule has 5 nitrogen and oxygen atoms in total. The lowest BCUT2D eigenvalue weighted by Crippen LogP contribution is -2.11. The van der Waals surface area contributed by atoms with E-state index in [4.69, 9.17) is 4.52 Å². The largest absolute Gasteiger partial charge is 0.506 e. The van der Waals surface area contributed by atoms with Crippen molar-refractivity contribution in [3.8, 4) is 16.5 Å². The lowest BCUT2D eigenvalue weighted by atomic mass is 10.4. The molecule has 2 aromatic heterocycles. The summed E-state index contributed by atoms with van der Waals surface area (Å²) in [6.07, 6.45) is 0. The van der Waals surface area contributed by atoms with Gasteiger partial charge in [-0.25, -0.2) is 0 Å². The van der Waals surface area contributed by atoms with Crippen molar-refractivity contribution in [3.63, 3.8) is 0 Å². The van der Waals surface area contributed by atoms with Gasteiger partial charge in [0.2, 0.25) is 0 Å². The highest BCUT2D eigenvalue weighted by atomic mass is 32.1. The van der Waals surface area contributed by atoms with Gasteiger partial charge in [-0.3, -0.25) is 0 Å². The van der Waals surface area contributed by atoms with E-state index in [-0.39, 0.29) is 5.75 Å². The summed E-state index contributed by atoms with van der Waals surface area (Å²) >= 11 is 1.38. The van der Waals surface area contributed by atoms with Crippen LogP contribution in [0, 0.1) is 0 Å². The van der Waals surface area contributed by atoms with Crippen molar-refractivity contribution in [1.29, 1.82) is 0 Å². The molecule has 0 fully saturated rings. The highest BCUT2D eigenvalue weighted by Crippen LogP contribution is 2.33. The molecule has 0 saturated heterocycles. The van der Waals surface area contributed by atoms with E-state index < -0.39 is 0 Å². The van der Waals surface area contributed by atoms with Gasteiger partial charge in [0.1, 0.15) is 10.6 Å². The highest BCUT2D eigenvalue weighted by molar-refractivity contribution is 7.13. The quantitative estimate of drug-likeness (QED) is 0.859. The summed E-state index contributed by atoms with van der Waals surface area (Å²) in [6.45, 7) is 0.621. The molecule has 6 heteroatoms. The van der Waals surface area contributed by atoms with Crippen molar-refractivity contribution in [3.05, 3.63) is 17.3 Å². The molecule has 0 amide bonds. The van der Waals surface area contributed by atoms with Crippen LogP contribution in [0.15, 0.2) is 16.0 Å². The third-order valence-electron chi connectivity index (χ3n) is 1.76. The molecule has 0 spiro atoms. The van der Waals surface area contributed by atoms with Crippen molar-refractivity contribution < 1.29 is 9.63 Å². The molecule has 0 aliphatic heterocycles. The molecule has 0 unspecified atom stereocenters. The monoisotopic (exact) mass is 225 g/mol. The Labute approximate surface area is 91.0 Å². The van der Waals surface area contributed by atoms with Crippen LogP contribution in [0.25, 0.3) is 10.8 Å². The molecule has 0 bridgehead atoms. The Hall–Kier alpha value is -1.40. The lowest BCUT2D eigenvalue weighted by molar-refractivity contribution is 0.365. The van der Waals surface area contributed by atoms with Gasteiger partial charge in [0.15, 0.2) is 5.82 Å². The van der Waals surface area contributed by atoms with Gasteiger partial charge < -0.3 is 14.5 Å². The fourth-order valence-electron chi connectivity index (χ4n) is 1.16. The standard InChI is InChI=1S/C9H11N3O2S/c1-12(2)5-7-10-9(14-11-7)8-6(13)3-4-15-8/h3-4,13H,5H2,1-2H3. The van der Waals surface area contributed by atoms with Crippen LogP contribution in [0.3, 0.4) is 0 Å². The zero-order valence-corrected chi connectivity index (χ0v) is 9.28. The van der Waals surface area contributed by atoms with Crippen LogP contribution in [0.2, 0.25) is 0 Å².